The van der Waals surface area contributed by atoms with E-state index in [2.05, 4.69) is 0 Å². The van der Waals surface area contributed by atoms with Gasteiger partial charge >= 0.3 is 11.6 Å². The molecular formula is C24H23NO6S. The van der Waals surface area contributed by atoms with Gasteiger partial charge in [0.1, 0.15) is 12.2 Å². The molecule has 3 aromatic rings. The Bertz CT molecular complexity index is 1350. The third kappa shape index (κ3) is 3.84. The topological polar surface area (TPSA) is 93.9 Å². The molecule has 0 bridgehead atoms. The molecule has 2 heterocycles. The van der Waals surface area contributed by atoms with Gasteiger partial charge in [0.05, 0.1) is 10.5 Å². The van der Waals surface area contributed by atoms with Gasteiger partial charge in [-0.2, -0.15) is 4.31 Å². The molecule has 32 heavy (non-hydrogen) atoms. The summed E-state index contributed by atoms with van der Waals surface area (Å²) in [6, 6.07) is 11.0. The molecular weight excluding hydrogens is 430 g/mol. The zero-order valence-electron chi connectivity index (χ0n) is 17.5. The Morgan fingerprint density at radius 1 is 0.969 bits per heavy atom. The van der Waals surface area contributed by atoms with Gasteiger partial charge < -0.3 is 9.15 Å². The first-order valence-corrected chi connectivity index (χ1v) is 12.2. The van der Waals surface area contributed by atoms with Crippen molar-refractivity contribution >= 4 is 27.0 Å². The number of carbonyl (C=O) groups excluding carboxylic acids is 1. The standard InChI is InChI=1S/C24H23NO6S/c26-23-14-19(21-12-17-4-3-5-18(17)13-22(21)31-23)15-30-24(27)16-6-8-20(9-7-16)32(28,29)25-10-1-2-11-25/h6-9,12-14H,1-5,10-11,15H2. The number of benzene rings is 2. The van der Waals surface area contributed by atoms with E-state index in [-0.39, 0.29) is 17.1 Å². The van der Waals surface area contributed by atoms with Crippen LogP contribution >= 0.6 is 0 Å². The van der Waals surface area contributed by atoms with Gasteiger partial charge in [0.25, 0.3) is 0 Å². The van der Waals surface area contributed by atoms with Gasteiger partial charge in [-0.25, -0.2) is 18.0 Å². The highest BCUT2D eigenvalue weighted by atomic mass is 32.2. The third-order valence-corrected chi connectivity index (χ3v) is 8.11. The summed E-state index contributed by atoms with van der Waals surface area (Å²) >= 11 is 0. The molecule has 8 heteroatoms. The quantitative estimate of drug-likeness (QED) is 0.434. The van der Waals surface area contributed by atoms with Crippen molar-refractivity contribution in [2.24, 2.45) is 0 Å². The van der Waals surface area contributed by atoms with E-state index in [1.807, 2.05) is 12.1 Å². The van der Waals surface area contributed by atoms with E-state index in [1.54, 1.807) is 0 Å². The van der Waals surface area contributed by atoms with E-state index in [4.69, 9.17) is 9.15 Å². The first kappa shape index (κ1) is 20.9. The molecule has 7 nitrogen and oxygen atoms in total. The Labute approximate surface area is 185 Å². The van der Waals surface area contributed by atoms with Crippen molar-refractivity contribution in [2.75, 3.05) is 13.1 Å². The zero-order valence-corrected chi connectivity index (χ0v) is 18.3. The van der Waals surface area contributed by atoms with Crippen molar-refractivity contribution in [2.45, 2.75) is 43.6 Å². The molecule has 5 rings (SSSR count). The van der Waals surface area contributed by atoms with Gasteiger partial charge in [-0.3, -0.25) is 0 Å². The average Bonchev–Trinajstić information content (AvgIpc) is 3.48. The minimum Gasteiger partial charge on any atom is -0.457 e. The van der Waals surface area contributed by atoms with Crippen LogP contribution in [0.3, 0.4) is 0 Å². The molecule has 2 aliphatic rings. The molecule has 0 saturated carbocycles. The Morgan fingerprint density at radius 2 is 1.66 bits per heavy atom. The second-order valence-electron chi connectivity index (χ2n) is 8.27. The summed E-state index contributed by atoms with van der Waals surface area (Å²) in [5.74, 6) is -0.585. The van der Waals surface area contributed by atoms with Gasteiger partial charge in [0, 0.05) is 30.1 Å². The highest BCUT2D eigenvalue weighted by Gasteiger charge is 2.27. The van der Waals surface area contributed by atoms with Crippen molar-refractivity contribution in [1.82, 2.24) is 4.31 Å². The van der Waals surface area contributed by atoms with Crippen LogP contribution in [0, 0.1) is 0 Å². The number of rotatable bonds is 5. The van der Waals surface area contributed by atoms with Crippen LogP contribution < -0.4 is 5.63 Å². The summed E-state index contributed by atoms with van der Waals surface area (Å²) in [6.07, 6.45) is 4.75. The molecule has 166 valence electrons. The van der Waals surface area contributed by atoms with E-state index in [0.717, 1.165) is 37.5 Å². The Balaban J connectivity index is 1.34. The fourth-order valence-corrected chi connectivity index (χ4v) is 6.00. The predicted octanol–water partition coefficient (Wildman–Crippen LogP) is 3.42. The normalized spacial score (nSPS) is 16.4. The van der Waals surface area contributed by atoms with Crippen molar-refractivity contribution in [3.63, 3.8) is 0 Å². The lowest BCUT2D eigenvalue weighted by Crippen LogP contribution is -2.27. The van der Waals surface area contributed by atoms with Crippen molar-refractivity contribution < 1.29 is 22.4 Å². The average molecular weight is 454 g/mol. The molecule has 1 aliphatic carbocycles. The van der Waals surface area contributed by atoms with Crippen LogP contribution in [0.5, 0.6) is 0 Å². The van der Waals surface area contributed by atoms with E-state index in [9.17, 15) is 18.0 Å². The molecule has 1 saturated heterocycles. The maximum absolute atomic E-state index is 12.6. The van der Waals surface area contributed by atoms with Crippen LogP contribution in [0.25, 0.3) is 11.0 Å². The van der Waals surface area contributed by atoms with Gasteiger partial charge in [0.15, 0.2) is 0 Å². The fourth-order valence-electron chi connectivity index (χ4n) is 4.48. The summed E-state index contributed by atoms with van der Waals surface area (Å²) in [5, 5.41) is 0.769. The molecule has 0 N–H and O–H groups in total. The smallest absolute Gasteiger partial charge is 0.338 e. The van der Waals surface area contributed by atoms with Crippen LogP contribution in [0.15, 0.2) is 56.6 Å². The van der Waals surface area contributed by atoms with Crippen LogP contribution in [0.2, 0.25) is 0 Å². The molecule has 0 atom stereocenters. The SMILES string of the molecule is O=C(OCc1cc(=O)oc2cc3c(cc12)CCC3)c1ccc(S(=O)(=O)N2CCCC2)cc1. The number of nitrogens with zero attached hydrogens (tertiary/aromatic N) is 1. The number of aryl methyl sites for hydroxylation is 2. The minimum absolute atomic E-state index is 0.0758. The predicted molar refractivity (Wildman–Crippen MR) is 118 cm³/mol. The van der Waals surface area contributed by atoms with Crippen molar-refractivity contribution in [1.29, 1.82) is 0 Å². The van der Waals surface area contributed by atoms with Crippen LogP contribution in [0.1, 0.15) is 46.3 Å². The lowest BCUT2D eigenvalue weighted by Gasteiger charge is -2.15. The number of fused-ring (bicyclic) bond motifs is 2. The lowest BCUT2D eigenvalue weighted by molar-refractivity contribution is 0.0473. The van der Waals surface area contributed by atoms with E-state index in [0.29, 0.717) is 24.2 Å². The second kappa shape index (κ2) is 8.18. The number of hydrogen-bond donors (Lipinski definition) is 0. The molecule has 1 fully saturated rings. The summed E-state index contributed by atoms with van der Waals surface area (Å²) in [5.41, 5.74) is 3.28. The first-order chi connectivity index (χ1) is 15.4. The Kier molecular flexibility index (Phi) is 5.35. The minimum atomic E-state index is -3.53. The van der Waals surface area contributed by atoms with E-state index >= 15 is 0 Å². The molecule has 0 unspecified atom stereocenters. The summed E-state index contributed by atoms with van der Waals surface area (Å²) in [6.45, 7) is 0.969. The molecule has 1 aromatic heterocycles. The van der Waals surface area contributed by atoms with Gasteiger partial charge in [-0.1, -0.05) is 0 Å². The monoisotopic (exact) mass is 453 g/mol. The number of hydrogen-bond acceptors (Lipinski definition) is 6. The summed E-state index contributed by atoms with van der Waals surface area (Å²) < 4.78 is 37.5. The lowest BCUT2D eigenvalue weighted by atomic mass is 10.0. The van der Waals surface area contributed by atoms with Crippen LogP contribution in [-0.2, 0) is 34.2 Å². The van der Waals surface area contributed by atoms with Gasteiger partial charge in [-0.15, -0.1) is 0 Å². The molecule has 0 amide bonds. The number of ether oxygens (including phenoxy) is 1. The Hall–Kier alpha value is -2.97. The summed E-state index contributed by atoms with van der Waals surface area (Å²) in [7, 11) is -3.53. The van der Waals surface area contributed by atoms with E-state index < -0.39 is 21.6 Å². The van der Waals surface area contributed by atoms with Gasteiger partial charge in [0.2, 0.25) is 10.0 Å². The number of carbonyl (C=O) groups is 1. The van der Waals surface area contributed by atoms with Gasteiger partial charge in [-0.05, 0) is 79.6 Å². The molecule has 0 radical (unpaired) electrons. The summed E-state index contributed by atoms with van der Waals surface area (Å²) in [4.78, 5) is 24.7. The van der Waals surface area contributed by atoms with Crippen LogP contribution in [0.4, 0.5) is 0 Å². The fraction of sp³-hybridized carbons (Fsp3) is 0.333. The molecule has 2 aromatic carbocycles. The second-order valence-corrected chi connectivity index (χ2v) is 10.2. The molecule has 0 spiro atoms. The highest BCUT2D eigenvalue weighted by molar-refractivity contribution is 7.89. The van der Waals surface area contributed by atoms with E-state index in [1.165, 1.54) is 45.8 Å². The highest BCUT2D eigenvalue weighted by Crippen LogP contribution is 2.29. The van der Waals surface area contributed by atoms with Crippen LogP contribution in [-0.4, -0.2) is 31.8 Å². The number of sulfonamides is 1. The zero-order chi connectivity index (χ0) is 22.3. The molecule has 1 aliphatic heterocycles. The maximum Gasteiger partial charge on any atom is 0.338 e. The largest absolute Gasteiger partial charge is 0.457 e. The third-order valence-electron chi connectivity index (χ3n) is 6.19. The maximum atomic E-state index is 12.6. The number of esters is 1. The van der Waals surface area contributed by atoms with Crippen molar-refractivity contribution in [3.8, 4) is 0 Å². The Morgan fingerprint density at radius 3 is 2.38 bits per heavy atom. The first-order valence-electron chi connectivity index (χ1n) is 10.8. The van der Waals surface area contributed by atoms with Crippen molar-refractivity contribution in [3.05, 3.63) is 75.1 Å².